The average Bonchev–Trinajstić information content (AvgIpc) is 3.04. The average molecular weight is 429 g/mol. The fourth-order valence-electron chi connectivity index (χ4n) is 4.85. The fraction of sp³-hybridized carbons (Fsp3) is 0.478. The van der Waals surface area contributed by atoms with Crippen molar-refractivity contribution in [3.63, 3.8) is 0 Å². The van der Waals surface area contributed by atoms with Crippen LogP contribution in [0.3, 0.4) is 0 Å². The molecule has 1 aromatic carbocycles. The number of hydrogen-bond donors (Lipinski definition) is 3. The SMILES string of the molecule is CN(C)CCCNC(=O)[C@H]1[C@H](CO)[C@H]2Cn3c(ccc(-c4cccc(F)c4)c3=O)[C@@H]1N2. The minimum Gasteiger partial charge on any atom is -0.396 e. The first-order chi connectivity index (χ1) is 14.9. The highest BCUT2D eigenvalue weighted by Gasteiger charge is 2.50. The molecule has 0 spiro atoms. The first-order valence-corrected chi connectivity index (χ1v) is 10.7. The van der Waals surface area contributed by atoms with Gasteiger partial charge in [0.25, 0.3) is 5.56 Å². The zero-order valence-electron chi connectivity index (χ0n) is 17.8. The summed E-state index contributed by atoms with van der Waals surface area (Å²) in [5.74, 6) is -1.24. The van der Waals surface area contributed by atoms with Crippen LogP contribution in [0.1, 0.15) is 18.2 Å². The van der Waals surface area contributed by atoms with Gasteiger partial charge >= 0.3 is 0 Å². The number of carbonyl (C=O) groups is 1. The summed E-state index contributed by atoms with van der Waals surface area (Å²) < 4.78 is 15.3. The summed E-state index contributed by atoms with van der Waals surface area (Å²) >= 11 is 0. The summed E-state index contributed by atoms with van der Waals surface area (Å²) in [5.41, 5.74) is 1.48. The minimum absolute atomic E-state index is 0.104. The van der Waals surface area contributed by atoms with E-state index >= 15 is 0 Å². The number of halogens is 1. The molecule has 31 heavy (non-hydrogen) atoms. The van der Waals surface area contributed by atoms with E-state index in [4.69, 9.17) is 0 Å². The minimum atomic E-state index is -0.456. The van der Waals surface area contributed by atoms with Gasteiger partial charge in [-0.1, -0.05) is 12.1 Å². The fourth-order valence-corrected chi connectivity index (χ4v) is 4.85. The molecule has 1 saturated heterocycles. The summed E-state index contributed by atoms with van der Waals surface area (Å²) in [4.78, 5) is 28.3. The highest BCUT2D eigenvalue weighted by molar-refractivity contribution is 5.80. The first-order valence-electron chi connectivity index (χ1n) is 10.7. The van der Waals surface area contributed by atoms with Crippen molar-refractivity contribution in [2.45, 2.75) is 25.0 Å². The Hall–Kier alpha value is -2.55. The molecule has 2 aromatic rings. The monoisotopic (exact) mass is 428 g/mol. The van der Waals surface area contributed by atoms with E-state index in [0.717, 1.165) is 18.7 Å². The van der Waals surface area contributed by atoms with Crippen LogP contribution in [0, 0.1) is 17.7 Å². The third kappa shape index (κ3) is 4.15. The van der Waals surface area contributed by atoms with Gasteiger partial charge in [-0.05, 0) is 56.9 Å². The van der Waals surface area contributed by atoms with E-state index < -0.39 is 11.7 Å². The summed E-state index contributed by atoms with van der Waals surface area (Å²) in [6.45, 7) is 1.67. The Bertz CT molecular complexity index is 1020. The van der Waals surface area contributed by atoms with Gasteiger partial charge < -0.3 is 25.2 Å². The van der Waals surface area contributed by atoms with Gasteiger partial charge in [0, 0.05) is 42.9 Å². The highest BCUT2D eigenvalue weighted by Crippen LogP contribution is 2.41. The summed E-state index contributed by atoms with van der Waals surface area (Å²) in [7, 11) is 3.97. The summed E-state index contributed by atoms with van der Waals surface area (Å²) in [6.07, 6.45) is 0.837. The van der Waals surface area contributed by atoms with Gasteiger partial charge in [-0.15, -0.1) is 0 Å². The van der Waals surface area contributed by atoms with Crippen molar-refractivity contribution in [2.75, 3.05) is 33.8 Å². The number of pyridine rings is 1. The van der Waals surface area contributed by atoms with Crippen LogP contribution in [0.15, 0.2) is 41.2 Å². The van der Waals surface area contributed by atoms with Gasteiger partial charge in [-0.3, -0.25) is 9.59 Å². The number of aliphatic hydroxyl groups excluding tert-OH is 1. The molecule has 1 aromatic heterocycles. The first kappa shape index (κ1) is 21.7. The molecule has 0 saturated carbocycles. The lowest BCUT2D eigenvalue weighted by molar-refractivity contribution is -0.127. The molecule has 3 heterocycles. The zero-order chi connectivity index (χ0) is 22.1. The molecule has 0 aliphatic carbocycles. The van der Waals surface area contributed by atoms with Crippen molar-refractivity contribution in [1.82, 2.24) is 20.1 Å². The third-order valence-corrected chi connectivity index (χ3v) is 6.37. The van der Waals surface area contributed by atoms with Gasteiger partial charge in [0.05, 0.1) is 12.0 Å². The maximum Gasteiger partial charge on any atom is 0.258 e. The normalized spacial score (nSPS) is 24.3. The van der Waals surface area contributed by atoms with Crippen LogP contribution in [0.2, 0.25) is 0 Å². The van der Waals surface area contributed by atoms with Crippen LogP contribution < -0.4 is 16.2 Å². The quantitative estimate of drug-likeness (QED) is 0.573. The standard InChI is InChI=1S/C23H29FN4O3/c1-27(2)10-4-9-25-22(30)20-17(13-29)18-12-28-19(21(20)26-18)8-7-16(23(28)31)14-5-3-6-15(24)11-14/h3,5-8,11,17-18,20-21,26,29H,4,9-10,12-13H2,1-2H3,(H,25,30)/t17-,18-,20+,21+/m1/s1. The number of nitrogens with one attached hydrogen (secondary N) is 2. The van der Waals surface area contributed by atoms with Gasteiger partial charge in [-0.2, -0.15) is 0 Å². The second kappa shape index (κ2) is 8.90. The molecule has 3 N–H and O–H groups in total. The number of fused-ring (bicyclic) bond motifs is 4. The molecule has 0 radical (unpaired) electrons. The van der Waals surface area contributed by atoms with Gasteiger partial charge in [0.2, 0.25) is 5.91 Å². The number of nitrogens with zero attached hydrogens (tertiary/aromatic N) is 2. The third-order valence-electron chi connectivity index (χ3n) is 6.37. The van der Waals surface area contributed by atoms with E-state index in [2.05, 4.69) is 15.5 Å². The van der Waals surface area contributed by atoms with E-state index in [1.54, 1.807) is 22.8 Å². The molecule has 2 aliphatic rings. The molecule has 2 bridgehead atoms. The number of benzene rings is 1. The molecule has 0 unspecified atom stereocenters. The molecular weight excluding hydrogens is 399 g/mol. The molecule has 2 aliphatic heterocycles. The van der Waals surface area contributed by atoms with Crippen LogP contribution in [0.25, 0.3) is 11.1 Å². The van der Waals surface area contributed by atoms with E-state index in [1.807, 2.05) is 20.2 Å². The largest absolute Gasteiger partial charge is 0.396 e. The number of carbonyl (C=O) groups excluding carboxylic acids is 1. The number of hydrogen-bond acceptors (Lipinski definition) is 5. The van der Waals surface area contributed by atoms with Crippen molar-refractivity contribution in [3.8, 4) is 11.1 Å². The second-order valence-electron chi connectivity index (χ2n) is 8.67. The molecule has 1 amide bonds. The second-order valence-corrected chi connectivity index (χ2v) is 8.67. The maximum absolute atomic E-state index is 13.7. The van der Waals surface area contributed by atoms with E-state index in [-0.39, 0.29) is 36.1 Å². The van der Waals surface area contributed by atoms with Crippen LogP contribution >= 0.6 is 0 Å². The Morgan fingerprint density at radius 1 is 1.32 bits per heavy atom. The Morgan fingerprint density at radius 2 is 2.13 bits per heavy atom. The number of rotatable bonds is 7. The van der Waals surface area contributed by atoms with Crippen molar-refractivity contribution in [2.24, 2.45) is 11.8 Å². The smallest absolute Gasteiger partial charge is 0.258 e. The van der Waals surface area contributed by atoms with E-state index in [1.165, 1.54) is 12.1 Å². The molecular formula is C23H29FN4O3. The molecule has 1 fully saturated rings. The summed E-state index contributed by atoms with van der Waals surface area (Å²) in [5, 5.41) is 16.5. The van der Waals surface area contributed by atoms with Crippen molar-refractivity contribution >= 4 is 5.91 Å². The number of aromatic nitrogens is 1. The summed E-state index contributed by atoms with van der Waals surface area (Å²) in [6, 6.07) is 8.99. The predicted octanol–water partition coefficient (Wildman–Crippen LogP) is 0.974. The van der Waals surface area contributed by atoms with Crippen molar-refractivity contribution < 1.29 is 14.3 Å². The highest BCUT2D eigenvalue weighted by atomic mass is 19.1. The molecule has 4 atom stereocenters. The Labute approximate surface area is 180 Å². The zero-order valence-corrected chi connectivity index (χ0v) is 17.8. The predicted molar refractivity (Wildman–Crippen MR) is 116 cm³/mol. The van der Waals surface area contributed by atoms with Crippen LogP contribution in [0.4, 0.5) is 4.39 Å². The van der Waals surface area contributed by atoms with Gasteiger partial charge in [0.1, 0.15) is 5.82 Å². The lowest BCUT2D eigenvalue weighted by atomic mass is 9.86. The topological polar surface area (TPSA) is 86.6 Å². The van der Waals surface area contributed by atoms with Crippen LogP contribution in [-0.2, 0) is 11.3 Å². The number of aliphatic hydroxyl groups is 1. The van der Waals surface area contributed by atoms with Crippen molar-refractivity contribution in [1.29, 1.82) is 0 Å². The van der Waals surface area contributed by atoms with Crippen LogP contribution in [0.5, 0.6) is 0 Å². The van der Waals surface area contributed by atoms with E-state index in [0.29, 0.717) is 24.2 Å². The Kier molecular flexibility index (Phi) is 6.22. The van der Waals surface area contributed by atoms with E-state index in [9.17, 15) is 19.1 Å². The lowest BCUT2D eigenvalue weighted by Gasteiger charge is -2.28. The Balaban J connectivity index is 1.62. The Morgan fingerprint density at radius 3 is 2.84 bits per heavy atom. The number of amides is 1. The van der Waals surface area contributed by atoms with Crippen LogP contribution in [-0.4, -0.2) is 60.3 Å². The maximum atomic E-state index is 13.7. The van der Waals surface area contributed by atoms with Gasteiger partial charge in [0.15, 0.2) is 0 Å². The van der Waals surface area contributed by atoms with Crippen molar-refractivity contribution in [3.05, 3.63) is 58.3 Å². The lowest BCUT2D eigenvalue weighted by Crippen LogP contribution is -2.43. The molecule has 4 rings (SSSR count). The van der Waals surface area contributed by atoms with Gasteiger partial charge in [-0.25, -0.2) is 4.39 Å². The molecule has 166 valence electrons. The molecule has 7 nitrogen and oxygen atoms in total. The molecule has 8 heteroatoms.